The van der Waals surface area contributed by atoms with Crippen molar-refractivity contribution in [3.63, 3.8) is 0 Å². The number of benzene rings is 1. The zero-order valence-corrected chi connectivity index (χ0v) is 6.61. The number of halogens is 2. The quantitative estimate of drug-likeness (QED) is 0.591. The van der Waals surface area contributed by atoms with Gasteiger partial charge in [0, 0.05) is 0 Å². The summed E-state index contributed by atoms with van der Waals surface area (Å²) in [4.78, 5) is 0. The summed E-state index contributed by atoms with van der Waals surface area (Å²) < 4.78 is 12.8. The van der Waals surface area contributed by atoms with Crippen molar-refractivity contribution in [2.24, 2.45) is 0 Å². The van der Waals surface area contributed by atoms with Crippen molar-refractivity contribution in [3.8, 4) is 0 Å². The van der Waals surface area contributed by atoms with Crippen molar-refractivity contribution in [2.75, 3.05) is 0 Å². The minimum atomic E-state index is -0.267. The molecule has 0 atom stereocenters. The predicted molar refractivity (Wildman–Crippen MR) is 46.9 cm³/mol. The Labute approximate surface area is 71.1 Å². The van der Waals surface area contributed by atoms with E-state index < -0.39 is 0 Å². The van der Waals surface area contributed by atoms with Crippen molar-refractivity contribution in [1.82, 2.24) is 0 Å². The fraction of sp³-hybridized carbons (Fsp3) is 0.125. The molecule has 0 aromatic heterocycles. The fourth-order valence-electron chi connectivity index (χ4n) is 0.827. The summed E-state index contributed by atoms with van der Waals surface area (Å²) in [5.41, 5.74) is 0.528. The first-order valence-electron chi connectivity index (χ1n) is 3.21. The summed E-state index contributed by atoms with van der Waals surface area (Å²) in [5.74, 6) is 1.13. The van der Waals surface area contributed by atoms with E-state index in [1.54, 1.807) is 6.07 Å². The van der Waals surface area contributed by atoms with E-state index in [2.05, 4.69) is 0 Å². The van der Waals surface area contributed by atoms with E-state index in [0.717, 1.165) is 0 Å². The second-order valence-electron chi connectivity index (χ2n) is 2.18. The van der Waals surface area contributed by atoms with Crippen LogP contribution in [-0.2, 0) is 6.42 Å². The van der Waals surface area contributed by atoms with Crippen molar-refractivity contribution < 1.29 is 4.39 Å². The molecule has 0 N–H and O–H groups in total. The van der Waals surface area contributed by atoms with E-state index >= 15 is 0 Å². The van der Waals surface area contributed by atoms with E-state index in [0.29, 0.717) is 17.0 Å². The number of hydrogen-bond acceptors (Lipinski definition) is 0. The van der Waals surface area contributed by atoms with E-state index in [4.69, 9.17) is 19.1 Å². The standard InChI is InChI=1S/C8H6BClF/c9-4-3-6-5-7(10)1-2-8(6)11/h1-2,4-5H,3H2. The van der Waals surface area contributed by atoms with Crippen molar-refractivity contribution in [2.45, 2.75) is 6.42 Å². The third-order valence-electron chi connectivity index (χ3n) is 1.35. The average Bonchev–Trinajstić information content (AvgIpc) is 1.98. The van der Waals surface area contributed by atoms with Gasteiger partial charge in [-0.05, 0) is 0 Å². The molecule has 55 valence electrons. The molecular weight excluding hydrogens is 161 g/mol. The van der Waals surface area contributed by atoms with E-state index in [-0.39, 0.29) is 5.82 Å². The fourth-order valence-corrected chi connectivity index (χ4v) is 1.02. The van der Waals surface area contributed by atoms with Crippen LogP contribution in [0.15, 0.2) is 18.2 Å². The summed E-state index contributed by atoms with van der Waals surface area (Å²) in [7, 11) is 5.14. The van der Waals surface area contributed by atoms with Gasteiger partial charge in [-0.3, -0.25) is 0 Å². The Balaban J connectivity index is 3.01. The summed E-state index contributed by atoms with van der Waals surface area (Å²) >= 11 is 5.63. The van der Waals surface area contributed by atoms with Crippen LogP contribution in [0.5, 0.6) is 0 Å². The van der Waals surface area contributed by atoms with Gasteiger partial charge in [0.1, 0.15) is 0 Å². The van der Waals surface area contributed by atoms with Gasteiger partial charge in [0.15, 0.2) is 0 Å². The topological polar surface area (TPSA) is 0 Å². The van der Waals surface area contributed by atoms with Gasteiger partial charge in [-0.2, -0.15) is 0 Å². The molecule has 0 aliphatic carbocycles. The van der Waals surface area contributed by atoms with Gasteiger partial charge in [0.05, 0.1) is 0 Å². The molecule has 0 saturated heterocycles. The molecule has 0 amide bonds. The molecule has 0 heterocycles. The second-order valence-corrected chi connectivity index (χ2v) is 2.61. The van der Waals surface area contributed by atoms with E-state index in [1.165, 1.54) is 18.1 Å². The Morgan fingerprint density at radius 2 is 2.27 bits per heavy atom. The molecular formula is C8H6BClF. The number of rotatable bonds is 2. The predicted octanol–water partition coefficient (Wildman–Crippen LogP) is 1.99. The Morgan fingerprint density at radius 3 is 2.91 bits per heavy atom. The van der Waals surface area contributed by atoms with Gasteiger partial charge >= 0.3 is 70.5 Å². The van der Waals surface area contributed by atoms with Crippen LogP contribution < -0.4 is 0 Å². The van der Waals surface area contributed by atoms with Crippen molar-refractivity contribution >= 4 is 25.1 Å². The van der Waals surface area contributed by atoms with Gasteiger partial charge in [-0.1, -0.05) is 0 Å². The van der Waals surface area contributed by atoms with Crippen LogP contribution in [0.4, 0.5) is 4.39 Å². The van der Waals surface area contributed by atoms with Crippen LogP contribution in [0.25, 0.3) is 0 Å². The van der Waals surface area contributed by atoms with Crippen LogP contribution in [0.1, 0.15) is 5.56 Å². The maximum atomic E-state index is 12.8. The van der Waals surface area contributed by atoms with Gasteiger partial charge in [0.2, 0.25) is 0 Å². The second kappa shape index (κ2) is 3.68. The third-order valence-corrected chi connectivity index (χ3v) is 1.58. The summed E-state index contributed by atoms with van der Waals surface area (Å²) in [6.45, 7) is 0. The minimum absolute atomic E-state index is 0.267. The van der Waals surface area contributed by atoms with Crippen LogP contribution in [0, 0.1) is 5.82 Å². The molecule has 11 heavy (non-hydrogen) atoms. The van der Waals surface area contributed by atoms with Gasteiger partial charge in [-0.25, -0.2) is 0 Å². The molecule has 0 spiro atoms. The molecule has 1 aromatic carbocycles. The van der Waals surface area contributed by atoms with Gasteiger partial charge in [-0.15, -0.1) is 0 Å². The molecule has 1 aromatic rings. The van der Waals surface area contributed by atoms with Crippen LogP contribution in [-0.4, -0.2) is 13.5 Å². The summed E-state index contributed by atoms with van der Waals surface area (Å²) in [6.07, 6.45) is 0.409. The van der Waals surface area contributed by atoms with E-state index in [9.17, 15) is 4.39 Å². The first kappa shape index (κ1) is 8.47. The molecule has 1 radical (unpaired) electrons. The van der Waals surface area contributed by atoms with Crippen molar-refractivity contribution in [1.29, 1.82) is 0 Å². The number of hydrogen-bond donors (Lipinski definition) is 0. The van der Waals surface area contributed by atoms with Gasteiger partial charge in [0.25, 0.3) is 0 Å². The van der Waals surface area contributed by atoms with E-state index in [1.807, 2.05) is 0 Å². The first-order valence-corrected chi connectivity index (χ1v) is 3.59. The zero-order valence-electron chi connectivity index (χ0n) is 5.85. The maximum absolute atomic E-state index is 12.8. The summed E-state index contributed by atoms with van der Waals surface area (Å²) in [5, 5.41) is 0.531. The monoisotopic (exact) mass is 167 g/mol. The molecule has 0 aliphatic rings. The molecule has 0 nitrogen and oxygen atoms in total. The van der Waals surface area contributed by atoms with Crippen LogP contribution >= 0.6 is 11.6 Å². The van der Waals surface area contributed by atoms with Gasteiger partial charge < -0.3 is 0 Å². The Bertz CT molecular complexity index is 273. The van der Waals surface area contributed by atoms with Crippen LogP contribution in [0.3, 0.4) is 0 Å². The molecule has 3 heteroatoms. The normalized spacial score (nSPS) is 9.55. The molecule has 0 bridgehead atoms. The average molecular weight is 167 g/mol. The molecule has 0 saturated carbocycles. The molecule has 0 fully saturated rings. The SMILES string of the molecule is [B]=CCc1cc(Cl)ccc1F. The van der Waals surface area contributed by atoms with Crippen LogP contribution in [0.2, 0.25) is 5.02 Å². The summed E-state index contributed by atoms with van der Waals surface area (Å²) in [6, 6.07) is 4.42. The first-order chi connectivity index (χ1) is 5.24. The molecule has 0 aliphatic heterocycles. The molecule has 1 rings (SSSR count). The zero-order chi connectivity index (χ0) is 8.27. The molecule has 0 unspecified atom stereocenters. The Kier molecular flexibility index (Phi) is 2.83. The third kappa shape index (κ3) is 2.16. The Hall–Kier alpha value is -0.625. The van der Waals surface area contributed by atoms with Crippen molar-refractivity contribution in [3.05, 3.63) is 34.6 Å². The Morgan fingerprint density at radius 1 is 1.55 bits per heavy atom.